The van der Waals surface area contributed by atoms with Crippen LogP contribution in [0.2, 0.25) is 0 Å². The lowest BCUT2D eigenvalue weighted by atomic mass is 9.85. The van der Waals surface area contributed by atoms with E-state index in [0.29, 0.717) is 6.42 Å². The summed E-state index contributed by atoms with van der Waals surface area (Å²) in [5.41, 5.74) is 5.22. The largest absolute Gasteiger partial charge is 0.378 e. The maximum atomic E-state index is 12.0. The molecular formula is C17H19N3O. The van der Waals surface area contributed by atoms with Gasteiger partial charge in [-0.3, -0.25) is 9.78 Å². The summed E-state index contributed by atoms with van der Waals surface area (Å²) in [7, 11) is 3.99. The van der Waals surface area contributed by atoms with Crippen molar-refractivity contribution in [2.45, 2.75) is 19.3 Å². The molecule has 0 spiro atoms. The minimum Gasteiger partial charge on any atom is -0.378 e. The number of carbonyl (C=O) groups is 1. The third kappa shape index (κ3) is 2.61. The van der Waals surface area contributed by atoms with Gasteiger partial charge in [0.1, 0.15) is 0 Å². The predicted molar refractivity (Wildman–Crippen MR) is 84.8 cm³/mol. The van der Waals surface area contributed by atoms with Crippen LogP contribution < -0.4 is 10.2 Å². The summed E-state index contributed by atoms with van der Waals surface area (Å²) in [6.45, 7) is 1.97. The fraction of sp³-hybridized carbons (Fsp3) is 0.294. The Labute approximate surface area is 124 Å². The zero-order valence-corrected chi connectivity index (χ0v) is 12.6. The highest BCUT2D eigenvalue weighted by Gasteiger charge is 2.26. The molecule has 3 rings (SSSR count). The third-order valence-electron chi connectivity index (χ3n) is 3.93. The molecule has 1 atom stereocenters. The molecule has 1 aromatic carbocycles. The molecule has 1 aromatic heterocycles. The smallest absolute Gasteiger partial charge is 0.225 e. The molecule has 21 heavy (non-hydrogen) atoms. The number of nitrogens with zero attached hydrogens (tertiary/aromatic N) is 2. The first-order chi connectivity index (χ1) is 10.0. The van der Waals surface area contributed by atoms with Crippen LogP contribution in [0.15, 0.2) is 36.5 Å². The Morgan fingerprint density at radius 2 is 2.05 bits per heavy atom. The minimum atomic E-state index is 0.0592. The highest BCUT2D eigenvalue weighted by atomic mass is 16.1. The number of amides is 1. The van der Waals surface area contributed by atoms with Crippen LogP contribution in [-0.4, -0.2) is 25.0 Å². The highest BCUT2D eigenvalue weighted by molar-refractivity contribution is 5.96. The number of anilines is 2. The number of hydrogen-bond donors (Lipinski definition) is 1. The van der Waals surface area contributed by atoms with E-state index in [1.54, 1.807) is 0 Å². The lowest BCUT2D eigenvalue weighted by Gasteiger charge is -2.27. The van der Waals surface area contributed by atoms with Crippen molar-refractivity contribution in [3.63, 3.8) is 0 Å². The molecular weight excluding hydrogens is 262 g/mol. The van der Waals surface area contributed by atoms with E-state index in [4.69, 9.17) is 0 Å². The van der Waals surface area contributed by atoms with Gasteiger partial charge >= 0.3 is 0 Å². The third-order valence-corrected chi connectivity index (χ3v) is 3.93. The van der Waals surface area contributed by atoms with Crippen LogP contribution in [0.4, 0.5) is 11.4 Å². The molecule has 1 aliphatic heterocycles. The van der Waals surface area contributed by atoms with Gasteiger partial charge in [0.25, 0.3) is 0 Å². The number of pyridine rings is 1. The molecule has 2 aromatic rings. The average molecular weight is 281 g/mol. The van der Waals surface area contributed by atoms with Gasteiger partial charge in [0.2, 0.25) is 5.91 Å². The van der Waals surface area contributed by atoms with E-state index in [9.17, 15) is 4.79 Å². The molecule has 0 saturated heterocycles. The van der Waals surface area contributed by atoms with Crippen molar-refractivity contribution < 1.29 is 4.79 Å². The SMILES string of the molecule is Cc1ccc(C2CC(=O)Nc3cc(N(C)C)ccc32)cn1. The number of carbonyl (C=O) groups excluding carboxylic acids is 1. The van der Waals surface area contributed by atoms with Gasteiger partial charge in [0.05, 0.1) is 0 Å². The molecule has 2 heterocycles. The summed E-state index contributed by atoms with van der Waals surface area (Å²) >= 11 is 0. The molecule has 0 bridgehead atoms. The van der Waals surface area contributed by atoms with E-state index in [2.05, 4.69) is 28.5 Å². The zero-order chi connectivity index (χ0) is 15.0. The molecule has 4 nitrogen and oxygen atoms in total. The number of benzene rings is 1. The Balaban J connectivity index is 2.05. The number of aryl methyl sites for hydroxylation is 1. The molecule has 0 radical (unpaired) electrons. The van der Waals surface area contributed by atoms with Crippen molar-refractivity contribution in [1.82, 2.24) is 4.98 Å². The van der Waals surface area contributed by atoms with E-state index in [1.165, 1.54) is 0 Å². The number of nitrogens with one attached hydrogen (secondary N) is 1. The second-order valence-corrected chi connectivity index (χ2v) is 5.70. The lowest BCUT2D eigenvalue weighted by Crippen LogP contribution is -2.24. The van der Waals surface area contributed by atoms with Crippen molar-refractivity contribution >= 4 is 17.3 Å². The van der Waals surface area contributed by atoms with Crippen LogP contribution in [0, 0.1) is 6.92 Å². The number of rotatable bonds is 2. The van der Waals surface area contributed by atoms with Gasteiger partial charge in [-0.05, 0) is 36.2 Å². The molecule has 0 aliphatic carbocycles. The summed E-state index contributed by atoms with van der Waals surface area (Å²) in [5.74, 6) is 0.141. The average Bonchev–Trinajstić information content (AvgIpc) is 2.46. The molecule has 1 aliphatic rings. The monoisotopic (exact) mass is 281 g/mol. The zero-order valence-electron chi connectivity index (χ0n) is 12.6. The second-order valence-electron chi connectivity index (χ2n) is 5.70. The van der Waals surface area contributed by atoms with Crippen LogP contribution in [0.1, 0.15) is 29.2 Å². The van der Waals surface area contributed by atoms with Gasteiger partial charge < -0.3 is 10.2 Å². The van der Waals surface area contributed by atoms with E-state index < -0.39 is 0 Å². The van der Waals surface area contributed by atoms with Crippen LogP contribution in [0.25, 0.3) is 0 Å². The van der Waals surface area contributed by atoms with E-state index in [1.807, 2.05) is 44.2 Å². The summed E-state index contributed by atoms with van der Waals surface area (Å²) in [6.07, 6.45) is 2.35. The first-order valence-electron chi connectivity index (χ1n) is 7.08. The standard InChI is InChI=1S/C17H19N3O/c1-11-4-5-12(10-18-11)15-9-17(21)19-16-8-13(20(2)3)6-7-14(15)16/h4-8,10,15H,9H2,1-3H3,(H,19,21). The summed E-state index contributed by atoms with van der Waals surface area (Å²) in [4.78, 5) is 18.4. The van der Waals surface area contributed by atoms with Gasteiger partial charge in [-0.1, -0.05) is 12.1 Å². The topological polar surface area (TPSA) is 45.2 Å². The van der Waals surface area contributed by atoms with Gasteiger partial charge in [0, 0.05) is 49.7 Å². The summed E-state index contributed by atoms with van der Waals surface area (Å²) < 4.78 is 0. The maximum Gasteiger partial charge on any atom is 0.225 e. The highest BCUT2D eigenvalue weighted by Crippen LogP contribution is 2.38. The van der Waals surface area contributed by atoms with Crippen molar-refractivity contribution in [2.24, 2.45) is 0 Å². The fourth-order valence-electron chi connectivity index (χ4n) is 2.71. The number of fused-ring (bicyclic) bond motifs is 1. The summed E-state index contributed by atoms with van der Waals surface area (Å²) in [6, 6.07) is 10.3. The maximum absolute atomic E-state index is 12.0. The second kappa shape index (κ2) is 5.20. The van der Waals surface area contributed by atoms with Gasteiger partial charge in [-0.25, -0.2) is 0 Å². The Bertz CT molecular complexity index is 677. The quantitative estimate of drug-likeness (QED) is 0.920. The Morgan fingerprint density at radius 3 is 2.71 bits per heavy atom. The molecule has 0 fully saturated rings. The van der Waals surface area contributed by atoms with Gasteiger partial charge in [0.15, 0.2) is 0 Å². The summed E-state index contributed by atoms with van der Waals surface area (Å²) in [5, 5.41) is 2.98. The normalized spacial score (nSPS) is 17.1. The Kier molecular flexibility index (Phi) is 3.37. The molecule has 1 unspecified atom stereocenters. The first-order valence-corrected chi connectivity index (χ1v) is 7.08. The van der Waals surface area contributed by atoms with Crippen LogP contribution >= 0.6 is 0 Å². The van der Waals surface area contributed by atoms with E-state index in [0.717, 1.165) is 28.2 Å². The van der Waals surface area contributed by atoms with Crippen molar-refractivity contribution in [1.29, 1.82) is 0 Å². The molecule has 4 heteroatoms. The molecule has 1 amide bonds. The van der Waals surface area contributed by atoms with Crippen LogP contribution in [0.3, 0.4) is 0 Å². The van der Waals surface area contributed by atoms with Gasteiger partial charge in [-0.2, -0.15) is 0 Å². The number of aromatic nitrogens is 1. The minimum absolute atomic E-state index is 0.0592. The molecule has 108 valence electrons. The Morgan fingerprint density at radius 1 is 1.24 bits per heavy atom. The Hall–Kier alpha value is -2.36. The fourth-order valence-corrected chi connectivity index (χ4v) is 2.71. The molecule has 0 saturated carbocycles. The van der Waals surface area contributed by atoms with E-state index in [-0.39, 0.29) is 11.8 Å². The van der Waals surface area contributed by atoms with Crippen LogP contribution in [0.5, 0.6) is 0 Å². The van der Waals surface area contributed by atoms with Crippen molar-refractivity contribution in [2.75, 3.05) is 24.3 Å². The van der Waals surface area contributed by atoms with Crippen LogP contribution in [-0.2, 0) is 4.79 Å². The number of hydrogen-bond acceptors (Lipinski definition) is 3. The van der Waals surface area contributed by atoms with Gasteiger partial charge in [-0.15, -0.1) is 0 Å². The van der Waals surface area contributed by atoms with E-state index >= 15 is 0 Å². The van der Waals surface area contributed by atoms with Crippen molar-refractivity contribution in [3.8, 4) is 0 Å². The lowest BCUT2D eigenvalue weighted by molar-refractivity contribution is -0.116. The first kappa shape index (κ1) is 13.6. The predicted octanol–water partition coefficient (Wildman–Crippen LogP) is 2.93. The molecule has 1 N–H and O–H groups in total. The van der Waals surface area contributed by atoms with Crippen molar-refractivity contribution in [3.05, 3.63) is 53.3 Å².